The zero-order valence-corrected chi connectivity index (χ0v) is 10.7. The average Bonchev–Trinajstić information content (AvgIpc) is 2.47. The summed E-state index contributed by atoms with van der Waals surface area (Å²) in [7, 11) is 0. The van der Waals surface area contributed by atoms with Crippen molar-refractivity contribution in [2.24, 2.45) is 0 Å². The van der Waals surface area contributed by atoms with E-state index in [0.29, 0.717) is 11.1 Å². The smallest absolute Gasteiger partial charge is 0.255 e. The standard InChI is InChI=1S/C17H13NO2/c19-15-8-4-7-13-11-14(17(20)18-16(13)15)10-9-12-5-2-1-3-6-12/h1-11,19H,(H,18,20). The van der Waals surface area contributed by atoms with Crippen molar-refractivity contribution in [3.8, 4) is 5.75 Å². The number of aromatic amines is 1. The molecule has 3 rings (SSSR count). The van der Waals surface area contributed by atoms with Crippen LogP contribution in [-0.2, 0) is 0 Å². The van der Waals surface area contributed by atoms with Crippen molar-refractivity contribution in [2.45, 2.75) is 0 Å². The molecule has 0 amide bonds. The molecule has 0 aliphatic rings. The molecule has 3 aromatic rings. The molecule has 0 fully saturated rings. The van der Waals surface area contributed by atoms with Gasteiger partial charge in [0.2, 0.25) is 0 Å². The van der Waals surface area contributed by atoms with Crippen LogP contribution in [0.5, 0.6) is 5.75 Å². The predicted octanol–water partition coefficient (Wildman–Crippen LogP) is 3.40. The van der Waals surface area contributed by atoms with E-state index in [9.17, 15) is 9.90 Å². The molecule has 0 spiro atoms. The van der Waals surface area contributed by atoms with E-state index in [1.807, 2.05) is 42.5 Å². The number of pyridine rings is 1. The van der Waals surface area contributed by atoms with E-state index >= 15 is 0 Å². The summed E-state index contributed by atoms with van der Waals surface area (Å²) in [6.45, 7) is 0. The lowest BCUT2D eigenvalue weighted by Crippen LogP contribution is -2.08. The number of H-pyrrole nitrogens is 1. The molecule has 0 saturated heterocycles. The highest BCUT2D eigenvalue weighted by molar-refractivity contribution is 5.86. The zero-order valence-electron chi connectivity index (χ0n) is 10.7. The second-order valence-corrected chi connectivity index (χ2v) is 4.54. The molecule has 1 aromatic heterocycles. The van der Waals surface area contributed by atoms with Crippen molar-refractivity contribution in [3.05, 3.63) is 76.1 Å². The van der Waals surface area contributed by atoms with E-state index in [1.54, 1.807) is 24.3 Å². The van der Waals surface area contributed by atoms with Crippen molar-refractivity contribution >= 4 is 23.1 Å². The maximum absolute atomic E-state index is 12.0. The number of phenols is 1. The van der Waals surface area contributed by atoms with Crippen molar-refractivity contribution in [2.75, 3.05) is 0 Å². The van der Waals surface area contributed by atoms with Gasteiger partial charge in [-0.1, -0.05) is 48.5 Å². The minimum Gasteiger partial charge on any atom is -0.506 e. The number of aromatic nitrogens is 1. The molecule has 0 radical (unpaired) electrons. The number of fused-ring (bicyclic) bond motifs is 1. The van der Waals surface area contributed by atoms with Crippen LogP contribution in [0.4, 0.5) is 0 Å². The molecule has 2 N–H and O–H groups in total. The molecular formula is C17H13NO2. The molecular weight excluding hydrogens is 250 g/mol. The fraction of sp³-hybridized carbons (Fsp3) is 0. The lowest BCUT2D eigenvalue weighted by molar-refractivity contribution is 0.480. The first-order valence-corrected chi connectivity index (χ1v) is 6.32. The molecule has 3 heteroatoms. The third-order valence-electron chi connectivity index (χ3n) is 3.14. The fourth-order valence-corrected chi connectivity index (χ4v) is 2.11. The Morgan fingerprint density at radius 2 is 1.75 bits per heavy atom. The Hall–Kier alpha value is -2.81. The number of nitrogens with one attached hydrogen (secondary N) is 1. The summed E-state index contributed by atoms with van der Waals surface area (Å²) in [4.78, 5) is 14.7. The van der Waals surface area contributed by atoms with Crippen LogP contribution >= 0.6 is 0 Å². The highest BCUT2D eigenvalue weighted by Gasteiger charge is 2.03. The number of hydrogen-bond acceptors (Lipinski definition) is 2. The topological polar surface area (TPSA) is 53.1 Å². The van der Waals surface area contributed by atoms with Crippen LogP contribution in [0.1, 0.15) is 11.1 Å². The van der Waals surface area contributed by atoms with Gasteiger partial charge in [-0.15, -0.1) is 0 Å². The van der Waals surface area contributed by atoms with Gasteiger partial charge in [0.05, 0.1) is 5.52 Å². The van der Waals surface area contributed by atoms with Gasteiger partial charge in [0.25, 0.3) is 5.56 Å². The first-order chi connectivity index (χ1) is 9.74. The second kappa shape index (κ2) is 5.05. The van der Waals surface area contributed by atoms with Gasteiger partial charge in [-0.3, -0.25) is 4.79 Å². The first-order valence-electron chi connectivity index (χ1n) is 6.32. The molecule has 3 nitrogen and oxygen atoms in total. The first kappa shape index (κ1) is 12.2. The van der Waals surface area contributed by atoms with Crippen molar-refractivity contribution in [3.63, 3.8) is 0 Å². The number of hydrogen-bond donors (Lipinski definition) is 2. The summed E-state index contributed by atoms with van der Waals surface area (Å²) in [5, 5.41) is 10.5. The average molecular weight is 263 g/mol. The second-order valence-electron chi connectivity index (χ2n) is 4.54. The minimum absolute atomic E-state index is 0.0817. The SMILES string of the molecule is O=c1[nH]c2c(O)cccc2cc1C=Cc1ccccc1. The molecule has 0 aliphatic carbocycles. The van der Waals surface area contributed by atoms with Crippen molar-refractivity contribution < 1.29 is 5.11 Å². The van der Waals surface area contributed by atoms with E-state index < -0.39 is 0 Å². The maximum Gasteiger partial charge on any atom is 0.255 e. The summed E-state index contributed by atoms with van der Waals surface area (Å²) in [5.74, 6) is 0.0817. The summed E-state index contributed by atoms with van der Waals surface area (Å²) >= 11 is 0. The van der Waals surface area contributed by atoms with Crippen molar-refractivity contribution in [1.82, 2.24) is 4.98 Å². The van der Waals surface area contributed by atoms with Crippen LogP contribution < -0.4 is 5.56 Å². The zero-order chi connectivity index (χ0) is 13.9. The number of rotatable bonds is 2. The summed E-state index contributed by atoms with van der Waals surface area (Å²) < 4.78 is 0. The Balaban J connectivity index is 2.07. The van der Waals surface area contributed by atoms with Gasteiger partial charge in [-0.05, 0) is 23.8 Å². The van der Waals surface area contributed by atoms with Crippen LogP contribution in [0, 0.1) is 0 Å². The van der Waals surface area contributed by atoms with Gasteiger partial charge in [-0.2, -0.15) is 0 Å². The highest BCUT2D eigenvalue weighted by atomic mass is 16.3. The molecule has 0 bridgehead atoms. The Bertz CT molecular complexity index is 832. The van der Waals surface area contributed by atoms with E-state index in [1.165, 1.54) is 0 Å². The molecule has 20 heavy (non-hydrogen) atoms. The summed E-state index contributed by atoms with van der Waals surface area (Å²) in [5.41, 5.74) is 1.84. The van der Waals surface area contributed by atoms with Gasteiger partial charge < -0.3 is 10.1 Å². The predicted molar refractivity (Wildman–Crippen MR) is 81.6 cm³/mol. The van der Waals surface area contributed by atoms with E-state index in [0.717, 1.165) is 10.9 Å². The van der Waals surface area contributed by atoms with Crippen LogP contribution in [0.2, 0.25) is 0 Å². The number of phenolic OH excluding ortho intramolecular Hbond substituents is 1. The van der Waals surface area contributed by atoms with Gasteiger partial charge in [0.15, 0.2) is 0 Å². The van der Waals surface area contributed by atoms with Gasteiger partial charge in [-0.25, -0.2) is 0 Å². The number of benzene rings is 2. The summed E-state index contributed by atoms with van der Waals surface area (Å²) in [6.07, 6.45) is 3.66. The quantitative estimate of drug-likeness (QED) is 0.744. The van der Waals surface area contributed by atoms with Crippen LogP contribution in [0.25, 0.3) is 23.1 Å². The fourth-order valence-electron chi connectivity index (χ4n) is 2.11. The Kier molecular flexibility index (Phi) is 3.09. The number of para-hydroxylation sites is 1. The normalized spacial score (nSPS) is 11.2. The molecule has 2 aromatic carbocycles. The van der Waals surface area contributed by atoms with Gasteiger partial charge >= 0.3 is 0 Å². The van der Waals surface area contributed by atoms with E-state index in [4.69, 9.17) is 0 Å². The summed E-state index contributed by atoms with van der Waals surface area (Å²) in [6, 6.07) is 16.7. The largest absolute Gasteiger partial charge is 0.506 e. The van der Waals surface area contributed by atoms with E-state index in [-0.39, 0.29) is 11.3 Å². The van der Waals surface area contributed by atoms with Gasteiger partial charge in [0, 0.05) is 10.9 Å². The molecule has 1 heterocycles. The Morgan fingerprint density at radius 1 is 0.950 bits per heavy atom. The molecule has 0 unspecified atom stereocenters. The lowest BCUT2D eigenvalue weighted by atomic mass is 10.1. The Labute approximate surface area is 115 Å². The Morgan fingerprint density at radius 3 is 2.55 bits per heavy atom. The molecule has 0 saturated carbocycles. The molecule has 0 atom stereocenters. The third-order valence-corrected chi connectivity index (χ3v) is 3.14. The molecule has 98 valence electrons. The van der Waals surface area contributed by atoms with Crippen LogP contribution in [0.15, 0.2) is 59.4 Å². The van der Waals surface area contributed by atoms with Crippen LogP contribution in [-0.4, -0.2) is 10.1 Å². The maximum atomic E-state index is 12.0. The highest BCUT2D eigenvalue weighted by Crippen LogP contribution is 2.21. The van der Waals surface area contributed by atoms with Crippen molar-refractivity contribution in [1.29, 1.82) is 0 Å². The minimum atomic E-state index is -0.216. The number of aromatic hydroxyl groups is 1. The van der Waals surface area contributed by atoms with E-state index in [2.05, 4.69) is 4.98 Å². The van der Waals surface area contributed by atoms with Gasteiger partial charge in [0.1, 0.15) is 5.75 Å². The molecule has 0 aliphatic heterocycles. The third kappa shape index (κ3) is 2.34. The lowest BCUT2D eigenvalue weighted by Gasteiger charge is -2.01. The monoisotopic (exact) mass is 263 g/mol. The van der Waals surface area contributed by atoms with Crippen LogP contribution in [0.3, 0.4) is 0 Å².